The fourth-order valence-electron chi connectivity index (χ4n) is 4.80. The zero-order valence-electron chi connectivity index (χ0n) is 21.8. The molecule has 0 aliphatic carbocycles. The molecule has 0 aromatic heterocycles. The molecular weight excluding hydrogens is 582 g/mol. The maximum Gasteiger partial charge on any atom is 0.306 e. The molecule has 39 heavy (non-hydrogen) atoms. The molecule has 0 radical (unpaired) electrons. The van der Waals surface area contributed by atoms with Crippen LogP contribution in [0.2, 0.25) is 0 Å². The molecule has 2 atom stereocenters. The number of hydrogen-bond acceptors (Lipinski definition) is 5. The van der Waals surface area contributed by atoms with E-state index in [0.717, 1.165) is 28.4 Å². The average molecular weight is 615 g/mol. The summed E-state index contributed by atoms with van der Waals surface area (Å²) in [6, 6.07) is 23.4. The van der Waals surface area contributed by atoms with E-state index in [2.05, 4.69) is 28.1 Å². The van der Waals surface area contributed by atoms with Crippen LogP contribution in [0.15, 0.2) is 77.3 Å². The zero-order chi connectivity index (χ0) is 27.1. The molecule has 1 aliphatic heterocycles. The first-order valence-corrected chi connectivity index (χ1v) is 13.4. The number of nitrogens with two attached hydrogens (primary N) is 1. The second-order valence-corrected chi connectivity index (χ2v) is 10.3. The van der Waals surface area contributed by atoms with Crippen LogP contribution in [0, 0.1) is 11.3 Å². The van der Waals surface area contributed by atoms with Gasteiger partial charge in [-0.1, -0.05) is 60.7 Å². The number of halogens is 2. The number of esters is 1. The molecule has 1 heterocycles. The quantitative estimate of drug-likeness (QED) is 0.166. The molecule has 4 rings (SSSR count). The highest BCUT2D eigenvalue weighted by atomic mass is 79.9. The van der Waals surface area contributed by atoms with Gasteiger partial charge in [0.15, 0.2) is 0 Å². The third-order valence-electron chi connectivity index (χ3n) is 6.87. The van der Waals surface area contributed by atoms with E-state index in [1.54, 1.807) is 0 Å². The van der Waals surface area contributed by atoms with Crippen LogP contribution in [0.25, 0.3) is 11.1 Å². The number of carbonyl (C=O) groups excluding carboxylic acids is 2. The van der Waals surface area contributed by atoms with Crippen LogP contribution >= 0.6 is 28.3 Å². The average Bonchev–Trinajstić information content (AvgIpc) is 3.22. The maximum absolute atomic E-state index is 13.2. The Hall–Kier alpha value is -3.36. The molecule has 1 amide bonds. The van der Waals surface area contributed by atoms with Crippen LogP contribution in [-0.2, 0) is 20.7 Å². The fraction of sp³-hybridized carbons (Fsp3) is 0.300. The lowest BCUT2D eigenvalue weighted by Gasteiger charge is -2.25. The third-order valence-corrected chi connectivity index (χ3v) is 7.49. The number of nitrogens with one attached hydrogen (secondary N) is 1. The van der Waals surface area contributed by atoms with Gasteiger partial charge in [-0.3, -0.25) is 15.0 Å². The molecule has 7 nitrogen and oxygen atoms in total. The summed E-state index contributed by atoms with van der Waals surface area (Å²) in [5, 5.41) is 7.56. The summed E-state index contributed by atoms with van der Waals surface area (Å²) in [7, 11) is 1.35. The molecule has 3 aromatic carbocycles. The smallest absolute Gasteiger partial charge is 0.306 e. The number of nitrogens with zero attached hydrogens (tertiary/aromatic N) is 1. The zero-order valence-corrected chi connectivity index (χ0v) is 24.2. The topological polar surface area (TPSA) is 106 Å². The number of carbonyl (C=O) groups is 2. The summed E-state index contributed by atoms with van der Waals surface area (Å²) in [5.41, 5.74) is 9.46. The normalized spacial score (nSPS) is 16.5. The summed E-state index contributed by atoms with van der Waals surface area (Å²) < 4.78 is 11.8. The first-order valence-electron chi connectivity index (χ1n) is 12.6. The van der Waals surface area contributed by atoms with Crippen LogP contribution < -0.4 is 10.5 Å². The van der Waals surface area contributed by atoms with Gasteiger partial charge in [0, 0.05) is 12.1 Å². The molecule has 9 heteroatoms. The SMILES string of the molecule is COC(=O)C[C@@H]1C[C@@H](COc2ccc(-c3ccc(C(=N)N)cc3)cc2Br)N(CCCc2ccccc2)C1=O.Cl. The Bertz CT molecular complexity index is 1290. The number of nitrogen functional groups attached to an aromatic ring is 1. The van der Waals surface area contributed by atoms with Gasteiger partial charge in [-0.25, -0.2) is 0 Å². The molecule has 0 saturated carbocycles. The van der Waals surface area contributed by atoms with Crippen molar-refractivity contribution in [2.45, 2.75) is 31.7 Å². The molecule has 0 unspecified atom stereocenters. The predicted molar refractivity (Wildman–Crippen MR) is 158 cm³/mol. The van der Waals surface area contributed by atoms with Gasteiger partial charge in [0.1, 0.15) is 18.2 Å². The Labute approximate surface area is 243 Å². The lowest BCUT2D eigenvalue weighted by molar-refractivity contribution is -0.144. The monoisotopic (exact) mass is 613 g/mol. The van der Waals surface area contributed by atoms with Gasteiger partial charge in [-0.2, -0.15) is 0 Å². The number of amides is 1. The largest absolute Gasteiger partial charge is 0.490 e. The molecule has 1 saturated heterocycles. The molecular formula is C30H33BrClN3O4. The van der Waals surface area contributed by atoms with Crippen molar-refractivity contribution in [1.29, 1.82) is 5.41 Å². The Balaban J connectivity index is 0.00000420. The summed E-state index contributed by atoms with van der Waals surface area (Å²) in [6.45, 7) is 0.940. The molecule has 0 bridgehead atoms. The minimum atomic E-state index is -0.392. The highest BCUT2D eigenvalue weighted by Gasteiger charge is 2.40. The number of likely N-dealkylation sites (tertiary alicyclic amines) is 1. The minimum Gasteiger partial charge on any atom is -0.490 e. The number of hydrogen-bond donors (Lipinski definition) is 2. The van der Waals surface area contributed by atoms with Gasteiger partial charge in [0.25, 0.3) is 0 Å². The van der Waals surface area contributed by atoms with Crippen LogP contribution in [0.5, 0.6) is 5.75 Å². The number of methoxy groups -OCH3 is 1. The molecule has 3 N–H and O–H groups in total. The van der Waals surface area contributed by atoms with E-state index < -0.39 is 5.92 Å². The van der Waals surface area contributed by atoms with E-state index in [-0.39, 0.29) is 42.6 Å². The number of benzene rings is 3. The summed E-state index contributed by atoms with van der Waals surface area (Å²) in [5.74, 6) is -0.0575. The highest BCUT2D eigenvalue weighted by Crippen LogP contribution is 2.33. The van der Waals surface area contributed by atoms with E-state index in [4.69, 9.17) is 20.6 Å². The van der Waals surface area contributed by atoms with Crippen molar-refractivity contribution in [3.05, 3.63) is 88.4 Å². The minimum absolute atomic E-state index is 0. The van der Waals surface area contributed by atoms with Gasteiger partial charge in [-0.15, -0.1) is 12.4 Å². The van der Waals surface area contributed by atoms with Crippen molar-refractivity contribution < 1.29 is 19.1 Å². The van der Waals surface area contributed by atoms with E-state index in [1.165, 1.54) is 12.7 Å². The van der Waals surface area contributed by atoms with Crippen molar-refractivity contribution in [3.8, 4) is 16.9 Å². The first kappa shape index (κ1) is 30.2. The molecule has 3 aromatic rings. The highest BCUT2D eigenvalue weighted by molar-refractivity contribution is 9.10. The lowest BCUT2D eigenvalue weighted by atomic mass is 10.0. The van der Waals surface area contributed by atoms with Crippen molar-refractivity contribution in [1.82, 2.24) is 4.90 Å². The van der Waals surface area contributed by atoms with Crippen LogP contribution in [-0.4, -0.2) is 48.9 Å². The van der Waals surface area contributed by atoms with Gasteiger partial charge < -0.3 is 20.1 Å². The van der Waals surface area contributed by atoms with Crippen molar-refractivity contribution in [2.24, 2.45) is 11.7 Å². The second kappa shape index (κ2) is 14.1. The standard InChI is InChI=1S/C30H32BrN3O4.ClH/c1-37-28(35)18-24-16-25(34(30(24)36)15-5-8-20-6-3-2-4-7-20)19-38-27-14-13-23(17-26(27)31)21-9-11-22(12-10-21)29(32)33;/h2-4,6-7,9-14,17,24-25H,5,8,15-16,18-19H2,1H3,(H3,32,33);1H/t24-,25-;/m0./s1. The van der Waals surface area contributed by atoms with E-state index in [0.29, 0.717) is 30.9 Å². The number of aryl methyl sites for hydroxylation is 1. The van der Waals surface area contributed by atoms with E-state index in [1.807, 2.05) is 65.6 Å². The van der Waals surface area contributed by atoms with Crippen LogP contribution in [0.4, 0.5) is 0 Å². The number of rotatable bonds is 11. The Morgan fingerprint density at radius 2 is 1.77 bits per heavy atom. The summed E-state index contributed by atoms with van der Waals surface area (Å²) in [4.78, 5) is 27.0. The van der Waals surface area contributed by atoms with Crippen molar-refractivity contribution in [2.75, 3.05) is 20.3 Å². The van der Waals surface area contributed by atoms with E-state index in [9.17, 15) is 9.59 Å². The Morgan fingerprint density at radius 3 is 2.41 bits per heavy atom. The van der Waals surface area contributed by atoms with Crippen molar-refractivity contribution in [3.63, 3.8) is 0 Å². The van der Waals surface area contributed by atoms with E-state index >= 15 is 0 Å². The summed E-state index contributed by atoms with van der Waals surface area (Å²) >= 11 is 3.62. The number of amidine groups is 1. The number of ether oxygens (including phenoxy) is 2. The van der Waals surface area contributed by atoms with Gasteiger partial charge in [0.2, 0.25) is 5.91 Å². The second-order valence-electron chi connectivity index (χ2n) is 9.43. The van der Waals surface area contributed by atoms with Crippen molar-refractivity contribution >= 4 is 46.0 Å². The molecule has 206 valence electrons. The predicted octanol–water partition coefficient (Wildman–Crippen LogP) is 5.61. The molecule has 1 fully saturated rings. The Kier molecular flexibility index (Phi) is 10.9. The molecule has 1 aliphatic rings. The van der Waals surface area contributed by atoms with Crippen LogP contribution in [0.1, 0.15) is 30.4 Å². The summed E-state index contributed by atoms with van der Waals surface area (Å²) in [6.07, 6.45) is 2.34. The maximum atomic E-state index is 13.2. The molecule has 0 spiro atoms. The van der Waals surface area contributed by atoms with Gasteiger partial charge in [0.05, 0.1) is 30.0 Å². The van der Waals surface area contributed by atoms with Gasteiger partial charge >= 0.3 is 5.97 Å². The van der Waals surface area contributed by atoms with Crippen LogP contribution in [0.3, 0.4) is 0 Å². The Morgan fingerprint density at radius 1 is 1.08 bits per heavy atom. The fourth-order valence-corrected chi connectivity index (χ4v) is 5.29. The lowest BCUT2D eigenvalue weighted by Crippen LogP contribution is -2.38. The third kappa shape index (κ3) is 7.83. The van der Waals surface area contributed by atoms with Gasteiger partial charge in [-0.05, 0) is 64.0 Å². The first-order chi connectivity index (χ1) is 18.4.